The van der Waals surface area contributed by atoms with Crippen molar-refractivity contribution in [1.82, 2.24) is 19.5 Å². The highest BCUT2D eigenvalue weighted by Crippen LogP contribution is 2.15. The van der Waals surface area contributed by atoms with Crippen molar-refractivity contribution in [1.29, 1.82) is 0 Å². The van der Waals surface area contributed by atoms with Gasteiger partial charge in [0.1, 0.15) is 17.3 Å². The van der Waals surface area contributed by atoms with Crippen LogP contribution in [0.1, 0.15) is 25.5 Å². The van der Waals surface area contributed by atoms with Gasteiger partial charge in [0.2, 0.25) is 0 Å². The molecule has 88 valence electrons. The lowest BCUT2D eigenvalue weighted by atomic mass is 10.1. The SMILES string of the molecule is CC(C)c1cc(-n2c(Cl)cncc2=O)ncn1. The lowest BCUT2D eigenvalue weighted by Gasteiger charge is -2.09. The van der Waals surface area contributed by atoms with Crippen LogP contribution in [-0.4, -0.2) is 19.5 Å². The van der Waals surface area contributed by atoms with Gasteiger partial charge >= 0.3 is 0 Å². The molecule has 2 aromatic rings. The first-order chi connectivity index (χ1) is 8.09. The van der Waals surface area contributed by atoms with Gasteiger partial charge in [-0.1, -0.05) is 25.4 Å². The zero-order valence-corrected chi connectivity index (χ0v) is 10.2. The molecule has 2 aromatic heterocycles. The quantitative estimate of drug-likeness (QED) is 0.815. The van der Waals surface area contributed by atoms with Crippen LogP contribution in [0.5, 0.6) is 0 Å². The molecule has 0 N–H and O–H groups in total. The summed E-state index contributed by atoms with van der Waals surface area (Å²) in [6.07, 6.45) is 4.02. The molecule has 0 saturated carbocycles. The van der Waals surface area contributed by atoms with E-state index < -0.39 is 0 Å². The van der Waals surface area contributed by atoms with Crippen molar-refractivity contribution in [3.8, 4) is 5.82 Å². The second-order valence-electron chi connectivity index (χ2n) is 3.86. The van der Waals surface area contributed by atoms with E-state index in [1.165, 1.54) is 23.3 Å². The fourth-order valence-electron chi connectivity index (χ4n) is 1.41. The first-order valence-corrected chi connectivity index (χ1v) is 5.52. The third-order valence-electron chi connectivity index (χ3n) is 2.29. The number of hydrogen-bond donors (Lipinski definition) is 0. The summed E-state index contributed by atoms with van der Waals surface area (Å²) in [6.45, 7) is 4.03. The predicted octanol–water partition coefficient (Wildman–Crippen LogP) is 1.80. The molecule has 0 amide bonds. The molecule has 0 spiro atoms. The Morgan fingerprint density at radius 2 is 2.06 bits per heavy atom. The van der Waals surface area contributed by atoms with Gasteiger partial charge in [-0.2, -0.15) is 0 Å². The summed E-state index contributed by atoms with van der Waals surface area (Å²) in [5.74, 6) is 0.717. The molecule has 0 aliphatic heterocycles. The minimum atomic E-state index is -0.314. The van der Waals surface area contributed by atoms with Crippen LogP contribution in [0.2, 0.25) is 5.15 Å². The summed E-state index contributed by atoms with van der Waals surface area (Å²) in [5, 5.41) is 0.228. The number of hydrogen-bond acceptors (Lipinski definition) is 4. The average Bonchev–Trinajstić information content (AvgIpc) is 2.29. The third kappa shape index (κ3) is 2.34. The molecule has 0 unspecified atom stereocenters. The minimum Gasteiger partial charge on any atom is -0.267 e. The van der Waals surface area contributed by atoms with Gasteiger partial charge in [0.05, 0.1) is 12.4 Å². The van der Waals surface area contributed by atoms with E-state index in [1.54, 1.807) is 6.07 Å². The molecular weight excluding hydrogens is 240 g/mol. The summed E-state index contributed by atoms with van der Waals surface area (Å²) < 4.78 is 1.29. The highest BCUT2D eigenvalue weighted by molar-refractivity contribution is 6.29. The third-order valence-corrected chi connectivity index (χ3v) is 2.56. The zero-order valence-electron chi connectivity index (χ0n) is 9.46. The van der Waals surface area contributed by atoms with Gasteiger partial charge in [-0.3, -0.25) is 9.78 Å². The Kier molecular flexibility index (Phi) is 3.19. The Bertz CT molecular complexity index is 594. The van der Waals surface area contributed by atoms with Crippen molar-refractivity contribution < 1.29 is 0 Å². The van der Waals surface area contributed by atoms with E-state index >= 15 is 0 Å². The molecular formula is C11H11ClN4O. The Labute approximate surface area is 103 Å². The molecule has 0 aliphatic carbocycles. The first kappa shape index (κ1) is 11.7. The topological polar surface area (TPSA) is 60.7 Å². The van der Waals surface area contributed by atoms with Gasteiger partial charge in [-0.25, -0.2) is 14.5 Å². The monoisotopic (exact) mass is 250 g/mol. The molecule has 5 nitrogen and oxygen atoms in total. The summed E-state index contributed by atoms with van der Waals surface area (Å²) in [7, 11) is 0. The van der Waals surface area contributed by atoms with Gasteiger partial charge in [-0.05, 0) is 5.92 Å². The molecule has 2 heterocycles. The van der Waals surface area contributed by atoms with Crippen LogP contribution in [0, 0.1) is 0 Å². The number of halogens is 1. The van der Waals surface area contributed by atoms with Gasteiger partial charge in [0.15, 0.2) is 0 Å². The lowest BCUT2D eigenvalue weighted by Crippen LogP contribution is -2.19. The van der Waals surface area contributed by atoms with Crippen LogP contribution >= 0.6 is 11.6 Å². The van der Waals surface area contributed by atoms with Crippen molar-refractivity contribution in [3.63, 3.8) is 0 Å². The highest BCUT2D eigenvalue weighted by atomic mass is 35.5. The number of aromatic nitrogens is 4. The van der Waals surface area contributed by atoms with E-state index in [0.29, 0.717) is 5.82 Å². The minimum absolute atomic E-state index is 0.228. The highest BCUT2D eigenvalue weighted by Gasteiger charge is 2.08. The average molecular weight is 251 g/mol. The fraction of sp³-hybridized carbons (Fsp3) is 0.273. The Hall–Kier alpha value is -1.75. The molecule has 6 heteroatoms. The van der Waals surface area contributed by atoms with Crippen LogP contribution < -0.4 is 5.56 Å². The van der Waals surface area contributed by atoms with Crippen LogP contribution in [0.15, 0.2) is 29.6 Å². The first-order valence-electron chi connectivity index (χ1n) is 5.14. The number of rotatable bonds is 2. The van der Waals surface area contributed by atoms with Crippen molar-refractivity contribution in [2.45, 2.75) is 19.8 Å². The summed E-state index contributed by atoms with van der Waals surface area (Å²) >= 11 is 5.94. The molecule has 17 heavy (non-hydrogen) atoms. The molecule has 2 rings (SSSR count). The Morgan fingerprint density at radius 3 is 2.71 bits per heavy atom. The summed E-state index contributed by atoms with van der Waals surface area (Å²) in [6, 6.07) is 1.75. The van der Waals surface area contributed by atoms with E-state index in [4.69, 9.17) is 11.6 Å². The van der Waals surface area contributed by atoms with Crippen molar-refractivity contribution in [2.24, 2.45) is 0 Å². The van der Waals surface area contributed by atoms with E-state index in [-0.39, 0.29) is 16.6 Å². The van der Waals surface area contributed by atoms with Crippen LogP contribution in [0.4, 0.5) is 0 Å². The molecule has 0 atom stereocenters. The standard InChI is InChI=1S/C11H11ClN4O/c1-7(2)8-3-10(15-6-14-8)16-9(12)4-13-5-11(16)17/h3-7H,1-2H3. The van der Waals surface area contributed by atoms with Crippen LogP contribution in [0.25, 0.3) is 5.82 Å². The van der Waals surface area contributed by atoms with E-state index in [0.717, 1.165) is 5.69 Å². The maximum atomic E-state index is 11.7. The van der Waals surface area contributed by atoms with Crippen molar-refractivity contribution in [3.05, 3.63) is 46.0 Å². The van der Waals surface area contributed by atoms with E-state index in [2.05, 4.69) is 15.0 Å². The molecule has 0 saturated heterocycles. The fourth-order valence-corrected chi connectivity index (χ4v) is 1.63. The van der Waals surface area contributed by atoms with Gasteiger partial charge < -0.3 is 0 Å². The van der Waals surface area contributed by atoms with Gasteiger partial charge in [-0.15, -0.1) is 0 Å². The second-order valence-corrected chi connectivity index (χ2v) is 4.25. The molecule has 0 radical (unpaired) electrons. The molecule has 0 bridgehead atoms. The van der Waals surface area contributed by atoms with Crippen molar-refractivity contribution in [2.75, 3.05) is 0 Å². The second kappa shape index (κ2) is 4.63. The summed E-state index contributed by atoms with van der Waals surface area (Å²) in [5.41, 5.74) is 0.542. The van der Waals surface area contributed by atoms with Crippen LogP contribution in [-0.2, 0) is 0 Å². The van der Waals surface area contributed by atoms with Crippen molar-refractivity contribution >= 4 is 11.6 Å². The molecule has 0 aromatic carbocycles. The maximum Gasteiger partial charge on any atom is 0.275 e. The normalized spacial score (nSPS) is 10.8. The van der Waals surface area contributed by atoms with Gasteiger partial charge in [0.25, 0.3) is 5.56 Å². The lowest BCUT2D eigenvalue weighted by molar-refractivity contribution is 0.799. The zero-order chi connectivity index (χ0) is 12.4. The van der Waals surface area contributed by atoms with Crippen LogP contribution in [0.3, 0.4) is 0 Å². The smallest absolute Gasteiger partial charge is 0.267 e. The van der Waals surface area contributed by atoms with Gasteiger partial charge in [0, 0.05) is 11.8 Å². The predicted molar refractivity (Wildman–Crippen MR) is 64.5 cm³/mol. The maximum absolute atomic E-state index is 11.7. The largest absolute Gasteiger partial charge is 0.275 e. The summed E-state index contributed by atoms with van der Waals surface area (Å²) in [4.78, 5) is 23.6. The number of nitrogens with zero attached hydrogens (tertiary/aromatic N) is 4. The Morgan fingerprint density at radius 1 is 1.29 bits per heavy atom. The molecule has 0 aliphatic rings. The van der Waals surface area contributed by atoms with E-state index in [1.807, 2.05) is 13.8 Å². The van der Waals surface area contributed by atoms with E-state index in [9.17, 15) is 4.79 Å². The molecule has 0 fully saturated rings. The Balaban J connectivity index is 2.61.